The Balaban J connectivity index is 1.33. The van der Waals surface area contributed by atoms with Crippen LogP contribution < -0.4 is 20.4 Å². The van der Waals surface area contributed by atoms with Crippen LogP contribution in [0.15, 0.2) is 30.3 Å². The topological polar surface area (TPSA) is 56.3 Å². The van der Waals surface area contributed by atoms with Crippen molar-refractivity contribution in [1.82, 2.24) is 15.3 Å². The number of anilines is 3. The van der Waals surface area contributed by atoms with Gasteiger partial charge in [0.25, 0.3) is 0 Å². The smallest absolute Gasteiger partial charge is 0.232 e. The Bertz CT molecular complexity index is 1050. The molecule has 5 rings (SSSR count). The number of thiocarbonyl (C=S) groups is 1. The maximum atomic E-state index is 13.6. The molecule has 38 heavy (non-hydrogen) atoms. The third kappa shape index (κ3) is 6.56. The van der Waals surface area contributed by atoms with Crippen molar-refractivity contribution in [2.24, 2.45) is 11.8 Å². The lowest BCUT2D eigenvalue weighted by Crippen LogP contribution is -2.44. The molecule has 2 atom stereocenters. The van der Waals surface area contributed by atoms with E-state index in [-0.39, 0.29) is 11.2 Å². The second-order valence-corrected chi connectivity index (χ2v) is 12.4. The van der Waals surface area contributed by atoms with Crippen LogP contribution in [0.5, 0.6) is 0 Å². The Morgan fingerprint density at radius 2 is 1.50 bits per heavy atom. The lowest BCUT2D eigenvalue weighted by atomic mass is 9.69. The van der Waals surface area contributed by atoms with Crippen LogP contribution in [0.4, 0.5) is 22.0 Å². The molecular weight excluding hydrogens is 495 g/mol. The summed E-state index contributed by atoms with van der Waals surface area (Å²) in [5.41, 5.74) is 1.15. The fourth-order valence-electron chi connectivity index (χ4n) is 6.59. The summed E-state index contributed by atoms with van der Waals surface area (Å²) in [6.45, 7) is 9.45. The van der Waals surface area contributed by atoms with Crippen LogP contribution in [0.25, 0.3) is 0 Å². The summed E-state index contributed by atoms with van der Waals surface area (Å²) in [5.74, 6) is 3.67. The molecule has 0 radical (unpaired) electrons. The monoisotopic (exact) mass is 538 g/mol. The first-order valence-corrected chi connectivity index (χ1v) is 15.0. The van der Waals surface area contributed by atoms with Gasteiger partial charge in [-0.3, -0.25) is 0 Å². The largest absolute Gasteiger partial charge is 0.361 e. The molecule has 1 aliphatic carbocycles. The van der Waals surface area contributed by atoms with Crippen LogP contribution in [-0.4, -0.2) is 47.8 Å². The van der Waals surface area contributed by atoms with Gasteiger partial charge in [0.15, 0.2) is 5.11 Å². The van der Waals surface area contributed by atoms with Crippen molar-refractivity contribution in [3.63, 3.8) is 0 Å². The summed E-state index contributed by atoms with van der Waals surface area (Å²) in [5, 5.41) is 7.35. The van der Waals surface area contributed by atoms with Crippen LogP contribution >= 0.6 is 12.2 Å². The standard InChI is InChI=1S/C30H43FN6S/c1-22-8-6-16-36(19-22)26-18-27(37-17-7-9-23(2)20-37)34-28(33-26)35-29(38)32-21-30(14-4-3-5-15-30)24-10-12-25(31)13-11-24/h10-13,18,22-23H,3-9,14-17,19-21H2,1-2H3,(H2,32,33,34,35,38)/t22-,23+. The van der Waals surface area contributed by atoms with E-state index in [4.69, 9.17) is 22.2 Å². The number of nitrogens with one attached hydrogen (secondary N) is 2. The van der Waals surface area contributed by atoms with Crippen molar-refractivity contribution >= 4 is 34.9 Å². The molecule has 8 heteroatoms. The molecule has 1 saturated carbocycles. The summed E-state index contributed by atoms with van der Waals surface area (Å²) < 4.78 is 13.6. The Kier molecular flexibility index (Phi) is 8.66. The van der Waals surface area contributed by atoms with Gasteiger partial charge < -0.3 is 20.4 Å². The minimum absolute atomic E-state index is 0.0422. The number of aromatic nitrogens is 2. The van der Waals surface area contributed by atoms with Crippen molar-refractivity contribution in [2.75, 3.05) is 47.8 Å². The van der Waals surface area contributed by atoms with E-state index in [1.807, 2.05) is 12.1 Å². The highest BCUT2D eigenvalue weighted by atomic mass is 32.1. The van der Waals surface area contributed by atoms with Gasteiger partial charge in [0, 0.05) is 44.2 Å². The van der Waals surface area contributed by atoms with Gasteiger partial charge in [-0.15, -0.1) is 0 Å². The first-order chi connectivity index (χ1) is 18.4. The van der Waals surface area contributed by atoms with Gasteiger partial charge in [0.2, 0.25) is 5.95 Å². The predicted octanol–water partition coefficient (Wildman–Crippen LogP) is 6.28. The molecule has 0 spiro atoms. The maximum Gasteiger partial charge on any atom is 0.232 e. The lowest BCUT2D eigenvalue weighted by Gasteiger charge is -2.38. The van der Waals surface area contributed by atoms with Gasteiger partial charge in [-0.25, -0.2) is 4.39 Å². The van der Waals surface area contributed by atoms with Crippen molar-refractivity contribution < 1.29 is 4.39 Å². The van der Waals surface area contributed by atoms with E-state index in [1.54, 1.807) is 12.1 Å². The molecular formula is C30H43FN6S. The van der Waals surface area contributed by atoms with E-state index in [0.29, 0.717) is 29.4 Å². The van der Waals surface area contributed by atoms with E-state index in [0.717, 1.165) is 50.7 Å². The third-order valence-electron chi connectivity index (χ3n) is 8.74. The fraction of sp³-hybridized carbons (Fsp3) is 0.633. The van der Waals surface area contributed by atoms with Gasteiger partial charge in [0.1, 0.15) is 17.5 Å². The normalized spacial score (nSPS) is 23.7. The predicted molar refractivity (Wildman–Crippen MR) is 159 cm³/mol. The van der Waals surface area contributed by atoms with Gasteiger partial charge in [-0.05, 0) is 80.3 Å². The summed E-state index contributed by atoms with van der Waals surface area (Å²) in [7, 11) is 0. The summed E-state index contributed by atoms with van der Waals surface area (Å²) in [4.78, 5) is 14.7. The van der Waals surface area contributed by atoms with E-state index in [9.17, 15) is 4.39 Å². The summed E-state index contributed by atoms with van der Waals surface area (Å²) in [6.07, 6.45) is 10.7. The van der Waals surface area contributed by atoms with Crippen LogP contribution in [0.1, 0.15) is 77.2 Å². The summed E-state index contributed by atoms with van der Waals surface area (Å²) >= 11 is 5.77. The summed E-state index contributed by atoms with van der Waals surface area (Å²) in [6, 6.07) is 9.20. The first-order valence-electron chi connectivity index (χ1n) is 14.6. The molecule has 206 valence electrons. The van der Waals surface area contributed by atoms with E-state index < -0.39 is 0 Å². The Hall–Kier alpha value is -2.48. The average molecular weight is 539 g/mol. The Morgan fingerprint density at radius 3 is 2.05 bits per heavy atom. The number of rotatable bonds is 6. The lowest BCUT2D eigenvalue weighted by molar-refractivity contribution is 0.292. The van der Waals surface area contributed by atoms with Crippen LogP contribution in [0, 0.1) is 17.7 Å². The molecule has 2 aliphatic heterocycles. The Labute approximate surface area is 232 Å². The highest BCUT2D eigenvalue weighted by Gasteiger charge is 2.34. The average Bonchev–Trinajstić information content (AvgIpc) is 2.93. The van der Waals surface area contributed by atoms with Crippen molar-refractivity contribution in [3.05, 3.63) is 41.7 Å². The molecule has 2 aromatic rings. The number of benzene rings is 1. The molecule has 0 unspecified atom stereocenters. The molecule has 3 heterocycles. The van der Waals surface area contributed by atoms with E-state index in [1.165, 1.54) is 50.5 Å². The van der Waals surface area contributed by atoms with Crippen molar-refractivity contribution in [3.8, 4) is 0 Å². The van der Waals surface area contributed by atoms with Gasteiger partial charge in [-0.2, -0.15) is 9.97 Å². The van der Waals surface area contributed by atoms with Crippen LogP contribution in [0.2, 0.25) is 0 Å². The van der Waals surface area contributed by atoms with Gasteiger partial charge in [-0.1, -0.05) is 45.2 Å². The number of hydrogen-bond donors (Lipinski definition) is 2. The number of nitrogens with zero attached hydrogens (tertiary/aromatic N) is 4. The second-order valence-electron chi connectivity index (χ2n) is 12.0. The Morgan fingerprint density at radius 1 is 0.921 bits per heavy atom. The van der Waals surface area contributed by atoms with E-state index >= 15 is 0 Å². The van der Waals surface area contributed by atoms with Gasteiger partial charge in [0.05, 0.1) is 0 Å². The molecule has 3 fully saturated rings. The number of halogens is 1. The number of hydrogen-bond acceptors (Lipinski definition) is 5. The molecule has 1 aromatic heterocycles. The van der Waals surface area contributed by atoms with E-state index in [2.05, 4.69) is 40.3 Å². The zero-order valence-corrected chi connectivity index (χ0v) is 23.8. The minimum atomic E-state index is -0.191. The third-order valence-corrected chi connectivity index (χ3v) is 8.99. The molecule has 2 N–H and O–H groups in total. The van der Waals surface area contributed by atoms with Gasteiger partial charge >= 0.3 is 0 Å². The molecule has 1 aromatic carbocycles. The van der Waals surface area contributed by atoms with Crippen molar-refractivity contribution in [2.45, 2.75) is 77.0 Å². The highest BCUT2D eigenvalue weighted by molar-refractivity contribution is 7.80. The van der Waals surface area contributed by atoms with Crippen LogP contribution in [0.3, 0.4) is 0 Å². The zero-order valence-electron chi connectivity index (χ0n) is 23.0. The zero-order chi connectivity index (χ0) is 26.5. The SMILES string of the molecule is C[C@@H]1CCCN(c2cc(N3CCC[C@H](C)C3)nc(NC(=S)NCC3(c4ccc(F)cc4)CCCCC3)n2)C1. The molecule has 6 nitrogen and oxygen atoms in total. The molecule has 3 aliphatic rings. The minimum Gasteiger partial charge on any atom is -0.361 e. The molecule has 2 saturated heterocycles. The van der Waals surface area contributed by atoms with Crippen LogP contribution in [-0.2, 0) is 5.41 Å². The first kappa shape index (κ1) is 27.1. The maximum absolute atomic E-state index is 13.6. The number of piperidine rings is 2. The quantitative estimate of drug-likeness (QED) is 0.420. The molecule has 0 bridgehead atoms. The second kappa shape index (κ2) is 12.1. The highest BCUT2D eigenvalue weighted by Crippen LogP contribution is 2.39. The molecule has 0 amide bonds. The van der Waals surface area contributed by atoms with Crippen molar-refractivity contribution in [1.29, 1.82) is 0 Å². The fourth-order valence-corrected chi connectivity index (χ4v) is 6.76.